The summed E-state index contributed by atoms with van der Waals surface area (Å²) in [5.41, 5.74) is 0.551. The van der Waals surface area contributed by atoms with Gasteiger partial charge in [0.05, 0.1) is 18.7 Å². The largest absolute Gasteiger partial charge is 0.495 e. The molecule has 0 saturated carbocycles. The molecule has 5 nitrogen and oxygen atoms in total. The maximum Gasteiger partial charge on any atom is 0.229 e. The fraction of sp³-hybridized carbons (Fsp3) is 0.467. The van der Waals surface area contributed by atoms with Crippen molar-refractivity contribution in [1.29, 1.82) is 0 Å². The highest BCUT2D eigenvalue weighted by Gasteiger charge is 2.27. The van der Waals surface area contributed by atoms with Crippen molar-refractivity contribution in [1.82, 2.24) is 4.90 Å². The third kappa shape index (κ3) is 3.88. The Bertz CT molecular complexity index is 548. The number of nitrogens with one attached hydrogen (secondary N) is 1. The fourth-order valence-corrected chi connectivity index (χ4v) is 2.66. The number of carbonyl (C=O) groups excluding carboxylic acids is 2. The first-order valence-corrected chi connectivity index (χ1v) is 7.29. The van der Waals surface area contributed by atoms with Crippen LogP contribution in [-0.4, -0.2) is 36.9 Å². The standard InChI is InChI=1S/C15H19ClN2O3/c1-10(19)18-7-3-4-11(9-18)15(20)17-13-8-12(16)5-6-14(13)21-2/h5-6,8,11H,3-4,7,9H2,1-2H3,(H,17,20). The predicted octanol–water partition coefficient (Wildman–Crippen LogP) is 2.55. The zero-order chi connectivity index (χ0) is 15.4. The van der Waals surface area contributed by atoms with Gasteiger partial charge in [0.15, 0.2) is 0 Å². The van der Waals surface area contributed by atoms with Crippen LogP contribution in [-0.2, 0) is 9.59 Å². The third-order valence-electron chi connectivity index (χ3n) is 3.66. The van der Waals surface area contributed by atoms with Crippen molar-refractivity contribution in [3.8, 4) is 5.75 Å². The summed E-state index contributed by atoms with van der Waals surface area (Å²) in [5.74, 6) is 0.257. The number of halogens is 1. The number of amides is 2. The number of rotatable bonds is 3. The quantitative estimate of drug-likeness (QED) is 0.933. The zero-order valence-corrected chi connectivity index (χ0v) is 12.9. The number of hydrogen-bond acceptors (Lipinski definition) is 3. The van der Waals surface area contributed by atoms with Gasteiger partial charge in [-0.1, -0.05) is 11.6 Å². The third-order valence-corrected chi connectivity index (χ3v) is 3.89. The number of benzene rings is 1. The molecule has 21 heavy (non-hydrogen) atoms. The molecule has 6 heteroatoms. The number of methoxy groups -OCH3 is 1. The summed E-state index contributed by atoms with van der Waals surface area (Å²) in [6, 6.07) is 5.07. The summed E-state index contributed by atoms with van der Waals surface area (Å²) >= 11 is 5.95. The number of hydrogen-bond donors (Lipinski definition) is 1. The van der Waals surface area contributed by atoms with E-state index in [0.29, 0.717) is 23.0 Å². The first-order chi connectivity index (χ1) is 10.0. The highest BCUT2D eigenvalue weighted by Crippen LogP contribution is 2.29. The normalized spacial score (nSPS) is 18.2. The minimum atomic E-state index is -0.202. The molecule has 1 fully saturated rings. The Hall–Kier alpha value is -1.75. The molecule has 2 amide bonds. The van der Waals surface area contributed by atoms with Crippen LogP contribution >= 0.6 is 11.6 Å². The molecule has 1 saturated heterocycles. The van der Waals surface area contributed by atoms with E-state index in [9.17, 15) is 9.59 Å². The van der Waals surface area contributed by atoms with Crippen molar-refractivity contribution in [2.75, 3.05) is 25.5 Å². The predicted molar refractivity (Wildman–Crippen MR) is 81.6 cm³/mol. The Morgan fingerprint density at radius 1 is 1.43 bits per heavy atom. The lowest BCUT2D eigenvalue weighted by Crippen LogP contribution is -2.42. The van der Waals surface area contributed by atoms with Crippen LogP contribution < -0.4 is 10.1 Å². The first-order valence-electron chi connectivity index (χ1n) is 6.91. The molecule has 0 spiro atoms. The highest BCUT2D eigenvalue weighted by atomic mass is 35.5. The van der Waals surface area contributed by atoms with Crippen molar-refractivity contribution in [2.45, 2.75) is 19.8 Å². The van der Waals surface area contributed by atoms with Crippen LogP contribution in [0.4, 0.5) is 5.69 Å². The molecule has 1 aromatic rings. The number of carbonyl (C=O) groups is 2. The van der Waals surface area contributed by atoms with E-state index >= 15 is 0 Å². The lowest BCUT2D eigenvalue weighted by Gasteiger charge is -2.31. The molecule has 1 N–H and O–H groups in total. The summed E-state index contributed by atoms with van der Waals surface area (Å²) in [7, 11) is 1.54. The maximum absolute atomic E-state index is 12.4. The second-order valence-corrected chi connectivity index (χ2v) is 5.57. The van der Waals surface area contributed by atoms with Crippen LogP contribution in [0.25, 0.3) is 0 Å². The van der Waals surface area contributed by atoms with Gasteiger partial charge >= 0.3 is 0 Å². The molecule has 1 aliphatic rings. The molecule has 0 radical (unpaired) electrons. The fourth-order valence-electron chi connectivity index (χ4n) is 2.49. The monoisotopic (exact) mass is 310 g/mol. The first kappa shape index (κ1) is 15.6. The average Bonchev–Trinajstić information content (AvgIpc) is 2.47. The van der Waals surface area contributed by atoms with E-state index in [0.717, 1.165) is 19.4 Å². The molecular formula is C15H19ClN2O3. The van der Waals surface area contributed by atoms with E-state index in [-0.39, 0.29) is 17.7 Å². The molecule has 2 rings (SSSR count). The topological polar surface area (TPSA) is 58.6 Å². The Morgan fingerprint density at radius 2 is 2.19 bits per heavy atom. The highest BCUT2D eigenvalue weighted by molar-refractivity contribution is 6.31. The van der Waals surface area contributed by atoms with Crippen LogP contribution in [0.1, 0.15) is 19.8 Å². The smallest absolute Gasteiger partial charge is 0.229 e. The SMILES string of the molecule is COc1ccc(Cl)cc1NC(=O)C1CCCN(C(C)=O)C1. The molecule has 0 aromatic heterocycles. The summed E-state index contributed by atoms with van der Waals surface area (Å²) < 4.78 is 5.21. The van der Waals surface area contributed by atoms with Gasteiger partial charge in [-0.2, -0.15) is 0 Å². The van der Waals surface area contributed by atoms with Crippen molar-refractivity contribution in [2.24, 2.45) is 5.92 Å². The van der Waals surface area contributed by atoms with E-state index in [4.69, 9.17) is 16.3 Å². The van der Waals surface area contributed by atoms with Gasteiger partial charge in [0.1, 0.15) is 5.75 Å². The minimum absolute atomic E-state index is 0.00726. The van der Waals surface area contributed by atoms with Gasteiger partial charge in [-0.15, -0.1) is 0 Å². The van der Waals surface area contributed by atoms with Gasteiger partial charge in [-0.05, 0) is 31.0 Å². The average molecular weight is 311 g/mol. The van der Waals surface area contributed by atoms with E-state index in [1.54, 1.807) is 23.1 Å². The molecule has 114 valence electrons. The van der Waals surface area contributed by atoms with Crippen molar-refractivity contribution < 1.29 is 14.3 Å². The van der Waals surface area contributed by atoms with Crippen LogP contribution in [0.5, 0.6) is 5.75 Å². The Labute approximate surface area is 129 Å². The zero-order valence-electron chi connectivity index (χ0n) is 12.2. The molecular weight excluding hydrogens is 292 g/mol. The van der Waals surface area contributed by atoms with Crippen molar-refractivity contribution in [3.05, 3.63) is 23.2 Å². The second kappa shape index (κ2) is 6.80. The summed E-state index contributed by atoms with van der Waals surface area (Å²) in [5, 5.41) is 3.37. The molecule has 1 aliphatic heterocycles. The van der Waals surface area contributed by atoms with Gasteiger partial charge in [0.2, 0.25) is 11.8 Å². The van der Waals surface area contributed by atoms with E-state index < -0.39 is 0 Å². The molecule has 0 aliphatic carbocycles. The summed E-state index contributed by atoms with van der Waals surface area (Å²) in [4.78, 5) is 25.5. The number of likely N-dealkylation sites (tertiary alicyclic amines) is 1. The summed E-state index contributed by atoms with van der Waals surface area (Å²) in [6.07, 6.45) is 1.61. The van der Waals surface area contributed by atoms with Crippen molar-refractivity contribution >= 4 is 29.1 Å². The molecule has 1 heterocycles. The van der Waals surface area contributed by atoms with Crippen molar-refractivity contribution in [3.63, 3.8) is 0 Å². The van der Waals surface area contributed by atoms with Gasteiger partial charge in [0.25, 0.3) is 0 Å². The van der Waals surface area contributed by atoms with Gasteiger partial charge in [0, 0.05) is 25.0 Å². The van der Waals surface area contributed by atoms with Crippen LogP contribution in [0, 0.1) is 5.92 Å². The number of nitrogens with zero attached hydrogens (tertiary/aromatic N) is 1. The molecule has 1 aromatic carbocycles. The van der Waals surface area contributed by atoms with Gasteiger partial charge < -0.3 is 15.0 Å². The number of piperidine rings is 1. The van der Waals surface area contributed by atoms with E-state index in [1.807, 2.05) is 0 Å². The van der Waals surface area contributed by atoms with Crippen LogP contribution in [0.3, 0.4) is 0 Å². The molecule has 0 bridgehead atoms. The van der Waals surface area contributed by atoms with Gasteiger partial charge in [-0.3, -0.25) is 9.59 Å². The van der Waals surface area contributed by atoms with E-state index in [2.05, 4.69) is 5.32 Å². The Kier molecular flexibility index (Phi) is 5.07. The lowest BCUT2D eigenvalue weighted by atomic mass is 9.97. The van der Waals surface area contributed by atoms with Crippen LogP contribution in [0.2, 0.25) is 5.02 Å². The maximum atomic E-state index is 12.4. The Morgan fingerprint density at radius 3 is 2.86 bits per heavy atom. The molecule has 1 atom stereocenters. The summed E-state index contributed by atoms with van der Waals surface area (Å²) in [6.45, 7) is 2.71. The van der Waals surface area contributed by atoms with Gasteiger partial charge in [-0.25, -0.2) is 0 Å². The minimum Gasteiger partial charge on any atom is -0.495 e. The van der Waals surface area contributed by atoms with Crippen LogP contribution in [0.15, 0.2) is 18.2 Å². The Balaban J connectivity index is 2.07. The molecule has 1 unspecified atom stereocenters. The number of ether oxygens (including phenoxy) is 1. The number of anilines is 1. The van der Waals surface area contributed by atoms with E-state index in [1.165, 1.54) is 14.0 Å². The second-order valence-electron chi connectivity index (χ2n) is 5.14. The lowest BCUT2D eigenvalue weighted by molar-refractivity contribution is -0.132.